The monoisotopic (exact) mass is 1430 g/mol. The largest absolute Gasteiger partial charge is 0.569 e. The van der Waals surface area contributed by atoms with Gasteiger partial charge in [0.05, 0.1) is 5.34 Å². The third-order valence-electron chi connectivity index (χ3n) is 10.4. The molecule has 13 nitrogen and oxygen atoms in total. The van der Waals surface area contributed by atoms with Crippen molar-refractivity contribution in [1.29, 1.82) is 0 Å². The Morgan fingerprint density at radius 2 is 0.863 bits per heavy atom. The van der Waals surface area contributed by atoms with Gasteiger partial charge in [0.25, 0.3) is 11.1 Å². The molecule has 1 radical (unpaired) electrons. The molecular formula is C54H39BBr4Cl4F4N3O10. The highest BCUT2D eigenvalue weighted by atomic mass is 79.9. The average Bonchev–Trinajstić information content (AvgIpc) is 4.25. The van der Waals surface area contributed by atoms with Crippen LogP contribution < -0.4 is 49.9 Å². The van der Waals surface area contributed by atoms with Crippen molar-refractivity contribution in [3.63, 3.8) is 0 Å². The molecule has 0 saturated heterocycles. The van der Waals surface area contributed by atoms with Crippen LogP contribution in [0.5, 0.6) is 40.2 Å². The molecule has 3 aliphatic heterocycles. The molecule has 8 aromatic rings. The van der Waals surface area contributed by atoms with Crippen molar-refractivity contribution in [3.8, 4) is 62.5 Å². The normalized spacial score (nSPS) is 11.3. The summed E-state index contributed by atoms with van der Waals surface area (Å²) in [6, 6.07) is 39.1. The molecule has 3 heterocycles. The standard InChI is InChI=1S/C20H12BrF2NO3.C13H10BrNO2.C7H4Br2O2.C7H3ClF2O.C6H7BNO2.CH2Cl2.ClH/c21-14-9-18-17(26-10-27-18)8-13(14)11-4-6-12(7-5-11)24-20(25)19-15(22)2-1-3-16(19)23;14-11-6-13-12(16-7-17-13)5-10(11)8-1-3-9(15)4-2-8;8-4-1-6-7(2-5(4)9)11-3-10-6;8-7(11)6-4(9)2-1-3-5(6)10;8-5-1-3-6(4-2-5)10-7-9;2-1-3;/h1-9H,10H2,(H,24,25);1-6H,7,15H2;1-2H,3H2;1-3H;1-4,9H,8H2;1H2;1H. The maximum absolute atomic E-state index is 13.7. The number of fused-ring (bicyclic) bond motifs is 3. The summed E-state index contributed by atoms with van der Waals surface area (Å²) in [6.45, 7) is 0.786. The van der Waals surface area contributed by atoms with E-state index in [1.807, 2.05) is 60.7 Å². The van der Waals surface area contributed by atoms with Crippen molar-refractivity contribution in [1.82, 2.24) is 0 Å². The predicted molar refractivity (Wildman–Crippen MR) is 318 cm³/mol. The van der Waals surface area contributed by atoms with Gasteiger partial charge in [0.1, 0.15) is 40.1 Å². The average molecular weight is 1440 g/mol. The zero-order valence-corrected chi connectivity index (χ0v) is 50.0. The molecule has 0 bridgehead atoms. The molecule has 1 amide bonds. The number of amides is 1. The quantitative estimate of drug-likeness (QED) is 0.0390. The number of hydrogen-bond acceptors (Lipinski definition) is 12. The Kier molecular flexibility index (Phi) is 25.7. The Balaban J connectivity index is 0.000000192. The first kappa shape index (κ1) is 64.7. The number of alkyl halides is 2. The lowest BCUT2D eigenvalue weighted by Crippen LogP contribution is -2.15. The molecule has 8 aromatic carbocycles. The molecule has 3 aliphatic rings. The highest BCUT2D eigenvalue weighted by Crippen LogP contribution is 2.43. The van der Waals surface area contributed by atoms with Crippen molar-refractivity contribution in [2.75, 3.05) is 42.5 Å². The summed E-state index contributed by atoms with van der Waals surface area (Å²) in [5, 5.41) is 9.78. The summed E-state index contributed by atoms with van der Waals surface area (Å²) in [5.74, 6) is 0.481. The fourth-order valence-electron chi connectivity index (χ4n) is 6.77. The van der Waals surface area contributed by atoms with Crippen LogP contribution in [-0.2, 0) is 0 Å². The topological polar surface area (TPSA) is 183 Å². The van der Waals surface area contributed by atoms with E-state index in [9.17, 15) is 27.2 Å². The fraction of sp³-hybridized carbons (Fsp3) is 0.0741. The number of hydrogen-bond donors (Lipinski definition) is 4. The van der Waals surface area contributed by atoms with E-state index >= 15 is 0 Å². The van der Waals surface area contributed by atoms with Crippen LogP contribution in [0.1, 0.15) is 20.7 Å². The van der Waals surface area contributed by atoms with Crippen LogP contribution in [0.4, 0.5) is 34.6 Å². The Morgan fingerprint density at radius 1 is 0.537 bits per heavy atom. The van der Waals surface area contributed by atoms with Gasteiger partial charge in [-0.2, -0.15) is 0 Å². The molecule has 0 atom stereocenters. The summed E-state index contributed by atoms with van der Waals surface area (Å²) in [4.78, 5) is 22.5. The smallest absolute Gasteiger partial charge is 0.537 e. The van der Waals surface area contributed by atoms with E-state index in [1.54, 1.807) is 48.5 Å². The summed E-state index contributed by atoms with van der Waals surface area (Å²) in [5.41, 5.74) is 15.5. The van der Waals surface area contributed by atoms with Gasteiger partial charge in [-0.1, -0.05) is 68.3 Å². The minimum atomic E-state index is -1.12. The van der Waals surface area contributed by atoms with Crippen LogP contribution in [0.2, 0.25) is 0 Å². The third-order valence-corrected chi connectivity index (χ3v) is 13.8. The molecule has 0 aromatic heterocycles. The molecule has 0 spiro atoms. The van der Waals surface area contributed by atoms with E-state index in [2.05, 4.69) is 73.7 Å². The van der Waals surface area contributed by atoms with Gasteiger partial charge >= 0.3 is 7.69 Å². The highest BCUT2D eigenvalue weighted by Gasteiger charge is 2.21. The van der Waals surface area contributed by atoms with Crippen molar-refractivity contribution in [2.45, 2.75) is 0 Å². The van der Waals surface area contributed by atoms with Crippen LogP contribution in [0.25, 0.3) is 22.3 Å². The lowest BCUT2D eigenvalue weighted by molar-refractivity contribution is 0.101. The molecule has 0 unspecified atom stereocenters. The second kappa shape index (κ2) is 31.8. The zero-order chi connectivity index (χ0) is 57.2. The maximum atomic E-state index is 13.7. The second-order valence-corrected chi connectivity index (χ2v) is 20.1. The third kappa shape index (κ3) is 18.2. The Bertz CT molecular complexity index is 3340. The molecule has 11 rings (SSSR count). The first-order chi connectivity index (χ1) is 37.9. The number of benzene rings is 8. The van der Waals surface area contributed by atoms with E-state index in [4.69, 9.17) is 79.7 Å². The van der Waals surface area contributed by atoms with Gasteiger partial charge in [-0.25, -0.2) is 17.6 Å². The second-order valence-electron chi connectivity index (χ2n) is 15.5. The number of carbonyl (C=O) groups is 2. The number of carbonyl (C=O) groups excluding carboxylic acids is 2. The van der Waals surface area contributed by atoms with E-state index < -0.39 is 45.5 Å². The van der Waals surface area contributed by atoms with Crippen LogP contribution in [0, 0.1) is 23.3 Å². The highest BCUT2D eigenvalue weighted by molar-refractivity contribution is 9.13. The van der Waals surface area contributed by atoms with Gasteiger partial charge in [0.2, 0.25) is 20.4 Å². The summed E-state index contributed by atoms with van der Waals surface area (Å²) < 4.78 is 92.7. The number of nitrogens with one attached hydrogen (secondary N) is 1. The number of nitrogen functional groups attached to an aromatic ring is 2. The Morgan fingerprint density at radius 3 is 1.21 bits per heavy atom. The van der Waals surface area contributed by atoms with E-state index in [0.29, 0.717) is 43.1 Å². The Labute approximate surface area is 510 Å². The van der Waals surface area contributed by atoms with Gasteiger partial charge in [0.15, 0.2) is 34.5 Å². The SMILES string of the molecule is Brc1cc2c(cc1Br)OCO2.Cl.ClCCl.Nc1ccc(-c2cc3c(cc2Br)OCO3)cc1.Nc1ccc(O[B]O)cc1.O=C(Cl)c1c(F)cccc1F.O=C(Nc1ccc(-c2cc3c(cc2Br)OCO3)cc1)c1c(F)cccc1F. The lowest BCUT2D eigenvalue weighted by atomic mass is 10.0. The molecule has 0 saturated carbocycles. The van der Waals surface area contributed by atoms with Crippen LogP contribution in [0.15, 0.2) is 163 Å². The van der Waals surface area contributed by atoms with Gasteiger partial charge < -0.3 is 54.9 Å². The molecule has 26 heteroatoms. The fourth-order valence-corrected chi connectivity index (χ4v) is 8.69. The number of anilines is 3. The van der Waals surface area contributed by atoms with Crippen LogP contribution in [-0.4, -0.2) is 49.6 Å². The summed E-state index contributed by atoms with van der Waals surface area (Å²) in [7, 11) is 0.630. The number of nitrogens with two attached hydrogens (primary N) is 2. The number of ether oxygens (including phenoxy) is 6. The minimum Gasteiger partial charge on any atom is -0.537 e. The van der Waals surface area contributed by atoms with E-state index in [0.717, 1.165) is 99.2 Å². The zero-order valence-electron chi connectivity index (χ0n) is 40.6. The van der Waals surface area contributed by atoms with E-state index in [1.165, 1.54) is 6.07 Å². The van der Waals surface area contributed by atoms with Gasteiger partial charge in [-0.3, -0.25) is 9.59 Å². The van der Waals surface area contributed by atoms with E-state index in [-0.39, 0.29) is 31.3 Å². The van der Waals surface area contributed by atoms with Gasteiger partial charge in [-0.05, 0) is 175 Å². The molecule has 417 valence electrons. The van der Waals surface area contributed by atoms with Crippen molar-refractivity contribution in [3.05, 3.63) is 198 Å². The molecule has 0 aliphatic carbocycles. The molecule has 0 fully saturated rings. The molecule has 80 heavy (non-hydrogen) atoms. The van der Waals surface area contributed by atoms with Crippen molar-refractivity contribution >= 4 is 147 Å². The summed E-state index contributed by atoms with van der Waals surface area (Å²) >= 11 is 28.2. The van der Waals surface area contributed by atoms with Crippen LogP contribution in [0.3, 0.4) is 0 Å². The van der Waals surface area contributed by atoms with Gasteiger partial charge in [0, 0.05) is 35.0 Å². The maximum Gasteiger partial charge on any atom is 0.569 e. The van der Waals surface area contributed by atoms with Gasteiger partial charge in [-0.15, -0.1) is 35.6 Å². The number of rotatable bonds is 7. The molecular weight excluding hydrogens is 1400 g/mol. The van der Waals surface area contributed by atoms with Crippen molar-refractivity contribution < 1.29 is 65.3 Å². The first-order valence-electron chi connectivity index (χ1n) is 22.3. The van der Waals surface area contributed by atoms with Crippen molar-refractivity contribution in [2.24, 2.45) is 0 Å². The first-order valence-corrected chi connectivity index (χ1v) is 26.9. The Hall–Kier alpha value is -6.08. The predicted octanol–water partition coefficient (Wildman–Crippen LogP) is 16.1. The lowest BCUT2D eigenvalue weighted by Gasteiger charge is -2.10. The minimum absolute atomic E-state index is 0. The molecule has 6 N–H and O–H groups in total. The van der Waals surface area contributed by atoms with Crippen LogP contribution >= 0.6 is 111 Å². The summed E-state index contributed by atoms with van der Waals surface area (Å²) in [6.07, 6.45) is 0. The number of halogens is 12.